The number of hydrogen-bond donors (Lipinski definition) is 1. The number of nitrogens with zero attached hydrogens (tertiary/aromatic N) is 1. The van der Waals surface area contributed by atoms with Gasteiger partial charge in [0.2, 0.25) is 0 Å². The largest absolute Gasteiger partial charge is 0.756 e. The van der Waals surface area contributed by atoms with Crippen LogP contribution in [0.4, 0.5) is 0 Å². The minimum atomic E-state index is -4.52. The summed E-state index contributed by atoms with van der Waals surface area (Å²) in [7, 11) is 1.20. The lowest BCUT2D eigenvalue weighted by Gasteiger charge is -2.27. The Morgan fingerprint density at radius 3 is 1.63 bits per heavy atom. The van der Waals surface area contributed by atoms with E-state index in [-0.39, 0.29) is 19.6 Å². The Morgan fingerprint density at radius 1 is 0.744 bits per heavy atom. The van der Waals surface area contributed by atoms with Gasteiger partial charge < -0.3 is 28.3 Å². The third-order valence-electron chi connectivity index (χ3n) is 5.66. The van der Waals surface area contributed by atoms with Crippen molar-refractivity contribution in [1.29, 1.82) is 0 Å². The molecule has 0 heterocycles. The van der Waals surface area contributed by atoms with Gasteiger partial charge in [-0.25, -0.2) is 0 Å². The summed E-state index contributed by atoms with van der Waals surface area (Å²) in [5.74, 6) is -0.450. The first-order valence-electron chi connectivity index (χ1n) is 15.3. The Hall–Kier alpha value is -2.32. The first-order valence-corrected chi connectivity index (χ1v) is 16.8. The zero-order chi connectivity index (χ0) is 32.1. The van der Waals surface area contributed by atoms with Crippen LogP contribution in [0.3, 0.4) is 0 Å². The van der Waals surface area contributed by atoms with Gasteiger partial charge in [0.15, 0.2) is 0 Å². The molecule has 0 bridgehead atoms. The van der Waals surface area contributed by atoms with Crippen molar-refractivity contribution in [2.75, 3.05) is 47.5 Å². The molecule has 0 aliphatic rings. The first-order chi connectivity index (χ1) is 20.6. The number of esters is 1. The molecule has 43 heavy (non-hydrogen) atoms. The number of hydrogen-bond acceptors (Lipinski definition) is 7. The number of phosphoric acid groups is 1. The molecule has 0 amide bonds. The van der Waals surface area contributed by atoms with Crippen LogP contribution in [-0.4, -0.2) is 69.2 Å². The number of rotatable bonds is 26. The van der Waals surface area contributed by atoms with Crippen molar-refractivity contribution in [1.82, 2.24) is 0 Å². The molecule has 0 radical (unpaired) electrons. The third kappa shape index (κ3) is 32.4. The summed E-state index contributed by atoms with van der Waals surface area (Å²) < 4.78 is 26.7. The van der Waals surface area contributed by atoms with E-state index in [0.29, 0.717) is 17.4 Å². The zero-order valence-electron chi connectivity index (χ0n) is 26.9. The van der Waals surface area contributed by atoms with Gasteiger partial charge in [-0.2, -0.15) is 0 Å². The zero-order valence-corrected chi connectivity index (χ0v) is 27.7. The first kappa shape index (κ1) is 40.7. The third-order valence-corrected chi connectivity index (χ3v) is 6.62. The van der Waals surface area contributed by atoms with E-state index in [9.17, 15) is 19.4 Å². The molecular weight excluding hydrogens is 565 g/mol. The van der Waals surface area contributed by atoms with Crippen LogP contribution in [0.5, 0.6) is 0 Å². The highest BCUT2D eigenvalue weighted by Crippen LogP contribution is 2.38. The molecule has 244 valence electrons. The number of carbonyl (C=O) groups is 1. The lowest BCUT2D eigenvalue weighted by atomic mass is 10.2. The van der Waals surface area contributed by atoms with Gasteiger partial charge in [-0.1, -0.05) is 92.0 Å². The summed E-state index contributed by atoms with van der Waals surface area (Å²) in [4.78, 5) is 23.5. The minimum absolute atomic E-state index is 0.0226. The van der Waals surface area contributed by atoms with Gasteiger partial charge in [0.1, 0.15) is 25.9 Å². The van der Waals surface area contributed by atoms with Crippen LogP contribution in [0.2, 0.25) is 0 Å². The smallest absolute Gasteiger partial charge is 0.305 e. The Morgan fingerprint density at radius 2 is 1.19 bits per heavy atom. The van der Waals surface area contributed by atoms with Crippen LogP contribution in [0.15, 0.2) is 85.1 Å². The fourth-order valence-electron chi connectivity index (χ4n) is 3.23. The Kier molecular flexibility index (Phi) is 25.8. The number of carbonyl (C=O) groups excluding carboxylic acids is 1. The van der Waals surface area contributed by atoms with Crippen LogP contribution in [0.25, 0.3) is 0 Å². The summed E-state index contributed by atoms with van der Waals surface area (Å²) in [5.41, 5.74) is 0. The van der Waals surface area contributed by atoms with E-state index in [0.717, 1.165) is 51.4 Å². The maximum atomic E-state index is 11.8. The minimum Gasteiger partial charge on any atom is -0.756 e. The Bertz CT molecular complexity index is 958. The predicted octanol–water partition coefficient (Wildman–Crippen LogP) is 6.91. The summed E-state index contributed by atoms with van der Waals surface area (Å²) >= 11 is 0. The van der Waals surface area contributed by atoms with Crippen LogP contribution in [0.1, 0.15) is 71.1 Å². The number of quaternary nitrogens is 1. The normalized spacial score (nSPS) is 15.4. The highest BCUT2D eigenvalue weighted by Gasteiger charge is 2.16. The molecule has 0 aliphatic carbocycles. The highest BCUT2D eigenvalue weighted by atomic mass is 31.2. The lowest BCUT2D eigenvalue weighted by molar-refractivity contribution is -0.870. The molecule has 0 spiro atoms. The summed E-state index contributed by atoms with van der Waals surface area (Å²) in [5, 5.41) is 9.82. The fraction of sp³-hybridized carbons (Fsp3) is 0.559. The van der Waals surface area contributed by atoms with Gasteiger partial charge in [0, 0.05) is 6.42 Å². The standard InChI is InChI=1S/C34H56NO7P/c1-5-6-7-8-9-10-11-12-13-14-15-16-17-18-19-20-21-22-23-24-25-26-27-28-34(37)40-31-33(36)32-42-43(38,39)41-30-29-35(2,3)4/h6-7,9-10,12-13,15-16,18-19,21-22,24-25,33,36H,5,8,11,14,17,20,23,26-32H2,1-4H3/b7-6-,10-9-,13-12-,16-15-,19-18-,22-21-,25-24-. The van der Waals surface area contributed by atoms with Gasteiger partial charge in [0.05, 0.1) is 27.7 Å². The molecule has 2 atom stereocenters. The van der Waals surface area contributed by atoms with Crippen LogP contribution in [-0.2, 0) is 23.1 Å². The monoisotopic (exact) mass is 621 g/mol. The van der Waals surface area contributed by atoms with Crippen molar-refractivity contribution in [3.05, 3.63) is 85.1 Å². The number of likely N-dealkylation sites (N-methyl/N-ethyl adjacent to an activating group) is 1. The Labute approximate surface area is 261 Å². The second-order valence-corrected chi connectivity index (χ2v) is 12.4. The summed E-state index contributed by atoms with van der Waals surface area (Å²) in [6.07, 6.45) is 37.3. The Balaban J connectivity index is 3.76. The van der Waals surface area contributed by atoms with Crippen molar-refractivity contribution in [2.24, 2.45) is 0 Å². The maximum absolute atomic E-state index is 11.8. The molecule has 0 fully saturated rings. The van der Waals surface area contributed by atoms with Gasteiger partial charge in [-0.15, -0.1) is 0 Å². The molecule has 0 aromatic rings. The number of ether oxygens (including phenoxy) is 1. The van der Waals surface area contributed by atoms with Crippen molar-refractivity contribution in [3.63, 3.8) is 0 Å². The molecule has 8 nitrogen and oxygen atoms in total. The van der Waals surface area contributed by atoms with E-state index in [1.807, 2.05) is 27.2 Å². The SMILES string of the molecule is CC/C=C\C/C=C\C/C=C\C/C=C\C/C=C\C/C=C\C/C=C\CCCC(=O)OCC(O)COP(=O)([O-])OCC[N+](C)(C)C. The molecule has 2 unspecified atom stereocenters. The number of aliphatic hydroxyl groups excluding tert-OH is 1. The van der Waals surface area contributed by atoms with Crippen molar-refractivity contribution in [3.8, 4) is 0 Å². The maximum Gasteiger partial charge on any atom is 0.305 e. The number of phosphoric ester groups is 1. The van der Waals surface area contributed by atoms with E-state index in [4.69, 9.17) is 9.26 Å². The fourth-order valence-corrected chi connectivity index (χ4v) is 3.96. The molecule has 0 saturated heterocycles. The number of allylic oxidation sites excluding steroid dienone is 14. The van der Waals surface area contributed by atoms with Crippen LogP contribution in [0, 0.1) is 0 Å². The van der Waals surface area contributed by atoms with Crippen molar-refractivity contribution < 1.29 is 37.6 Å². The molecule has 0 aromatic carbocycles. The van der Waals surface area contributed by atoms with Crippen molar-refractivity contribution in [2.45, 2.75) is 77.2 Å². The highest BCUT2D eigenvalue weighted by molar-refractivity contribution is 7.45. The van der Waals surface area contributed by atoms with Crippen LogP contribution < -0.4 is 4.89 Å². The van der Waals surface area contributed by atoms with E-state index in [2.05, 4.69) is 90.4 Å². The number of aliphatic hydroxyl groups is 1. The van der Waals surface area contributed by atoms with Gasteiger partial charge in [-0.05, 0) is 57.8 Å². The average molecular weight is 622 g/mol. The van der Waals surface area contributed by atoms with Gasteiger partial charge >= 0.3 is 5.97 Å². The summed E-state index contributed by atoms with van der Waals surface area (Å²) in [6.45, 7) is 1.73. The van der Waals surface area contributed by atoms with Crippen LogP contribution >= 0.6 is 7.82 Å². The number of unbranched alkanes of at least 4 members (excludes halogenated alkanes) is 1. The van der Waals surface area contributed by atoms with E-state index >= 15 is 0 Å². The van der Waals surface area contributed by atoms with E-state index < -0.39 is 26.5 Å². The van der Waals surface area contributed by atoms with E-state index in [1.165, 1.54) is 0 Å². The molecule has 0 saturated carbocycles. The second kappa shape index (κ2) is 27.2. The summed E-state index contributed by atoms with van der Waals surface area (Å²) in [6, 6.07) is 0. The molecule has 1 N–H and O–H groups in total. The second-order valence-electron chi connectivity index (χ2n) is 10.9. The quantitative estimate of drug-likeness (QED) is 0.0368. The molecule has 0 rings (SSSR count). The average Bonchev–Trinajstić information content (AvgIpc) is 2.94. The van der Waals surface area contributed by atoms with Crippen molar-refractivity contribution >= 4 is 13.8 Å². The molecule has 9 heteroatoms. The topological polar surface area (TPSA) is 105 Å². The van der Waals surface area contributed by atoms with Gasteiger partial charge in [0.25, 0.3) is 7.82 Å². The predicted molar refractivity (Wildman–Crippen MR) is 175 cm³/mol. The molecule has 0 aromatic heterocycles. The molecular formula is C34H56NO7P. The van der Waals surface area contributed by atoms with E-state index in [1.54, 1.807) is 0 Å². The van der Waals surface area contributed by atoms with Gasteiger partial charge in [-0.3, -0.25) is 9.36 Å². The lowest BCUT2D eigenvalue weighted by Crippen LogP contribution is -2.37. The molecule has 0 aliphatic heterocycles.